The Morgan fingerprint density at radius 1 is 1.05 bits per heavy atom. The van der Waals surface area contributed by atoms with Crippen LogP contribution in [0.25, 0.3) is 5.76 Å². The lowest BCUT2D eigenvalue weighted by atomic mass is 9.78. The van der Waals surface area contributed by atoms with Gasteiger partial charge in [0.05, 0.1) is 12.2 Å². The summed E-state index contributed by atoms with van der Waals surface area (Å²) in [4.78, 5) is 36.9. The van der Waals surface area contributed by atoms with Gasteiger partial charge in [-0.1, -0.05) is 13.0 Å². The average Bonchev–Trinajstić information content (AvgIpc) is 2.86. The molecule has 0 radical (unpaired) electrons. The smallest absolute Gasteiger partial charge is 0.234 e. The Bertz CT molecular complexity index is 754. The second-order valence-corrected chi connectivity index (χ2v) is 5.90. The highest BCUT2D eigenvalue weighted by molar-refractivity contribution is 6.52. The van der Waals surface area contributed by atoms with E-state index in [2.05, 4.69) is 0 Å². The topological polar surface area (TPSA) is 60.4 Å². The van der Waals surface area contributed by atoms with Gasteiger partial charge in [0.1, 0.15) is 5.76 Å². The van der Waals surface area contributed by atoms with Gasteiger partial charge >= 0.3 is 0 Å². The van der Waals surface area contributed by atoms with Crippen LogP contribution in [-0.4, -0.2) is 24.0 Å². The molecule has 4 rings (SSSR count). The molecule has 0 bridgehead atoms. The van der Waals surface area contributed by atoms with Crippen LogP contribution in [0.2, 0.25) is 0 Å². The minimum Gasteiger partial charge on any atom is -0.492 e. The van der Waals surface area contributed by atoms with Crippen LogP contribution >= 0.6 is 0 Å². The van der Waals surface area contributed by atoms with Crippen molar-refractivity contribution in [3.8, 4) is 0 Å². The number of benzene rings is 1. The molecule has 1 aliphatic heterocycles. The number of hydrogen-bond donors (Lipinski definition) is 0. The van der Waals surface area contributed by atoms with Crippen molar-refractivity contribution in [1.82, 2.24) is 0 Å². The van der Waals surface area contributed by atoms with E-state index in [4.69, 9.17) is 4.74 Å². The number of carbonyl (C=O) groups excluding carboxylic acids is 3. The fourth-order valence-corrected chi connectivity index (χ4v) is 3.56. The molecule has 0 saturated carbocycles. The van der Waals surface area contributed by atoms with E-state index >= 15 is 0 Å². The third-order valence-electron chi connectivity index (χ3n) is 4.58. The van der Waals surface area contributed by atoms with E-state index in [-0.39, 0.29) is 11.7 Å². The molecule has 0 amide bonds. The summed E-state index contributed by atoms with van der Waals surface area (Å²) in [5.41, 5.74) is 2.91. The molecule has 1 aromatic rings. The highest BCUT2D eigenvalue weighted by Gasteiger charge is 2.42. The molecule has 4 heteroatoms. The molecule has 106 valence electrons. The van der Waals surface area contributed by atoms with E-state index in [1.807, 2.05) is 6.92 Å². The predicted octanol–water partition coefficient (Wildman–Crippen LogP) is 2.35. The van der Waals surface area contributed by atoms with Crippen LogP contribution in [0.4, 0.5) is 0 Å². The third kappa shape index (κ3) is 1.53. The number of fused-ring (bicyclic) bond motifs is 4. The molecule has 0 fully saturated rings. The minimum atomic E-state index is -0.479. The van der Waals surface area contributed by atoms with Crippen molar-refractivity contribution in [3.05, 3.63) is 40.0 Å². The van der Waals surface area contributed by atoms with Crippen LogP contribution in [0.5, 0.6) is 0 Å². The molecule has 4 nitrogen and oxygen atoms in total. The Labute approximate surface area is 121 Å². The van der Waals surface area contributed by atoms with E-state index in [9.17, 15) is 14.4 Å². The summed E-state index contributed by atoms with van der Waals surface area (Å²) in [6, 6.07) is 3.53. The molecule has 1 atom stereocenters. The normalized spacial score (nSPS) is 23.7. The van der Waals surface area contributed by atoms with E-state index < -0.39 is 11.6 Å². The lowest BCUT2D eigenvalue weighted by Gasteiger charge is -2.23. The first-order valence-electron chi connectivity index (χ1n) is 7.25. The van der Waals surface area contributed by atoms with Gasteiger partial charge in [-0.2, -0.15) is 0 Å². The summed E-state index contributed by atoms with van der Waals surface area (Å²) >= 11 is 0. The standard InChI is InChI=1S/C17H14O4/c1-8-7-21-17-11-6-5-9-10(3-2-4-12(9)18)14(11)16(20)15(19)13(8)17/h5-6,8H,2-4,7H2,1H3. The van der Waals surface area contributed by atoms with Crippen molar-refractivity contribution >= 4 is 23.1 Å². The molecular weight excluding hydrogens is 268 g/mol. The van der Waals surface area contributed by atoms with Gasteiger partial charge in [-0.3, -0.25) is 14.4 Å². The summed E-state index contributed by atoms with van der Waals surface area (Å²) < 4.78 is 5.65. The zero-order valence-electron chi connectivity index (χ0n) is 11.7. The van der Waals surface area contributed by atoms with Crippen molar-refractivity contribution < 1.29 is 19.1 Å². The zero-order chi connectivity index (χ0) is 14.7. The first-order valence-corrected chi connectivity index (χ1v) is 7.25. The van der Waals surface area contributed by atoms with E-state index in [1.54, 1.807) is 12.1 Å². The van der Waals surface area contributed by atoms with Crippen LogP contribution < -0.4 is 0 Å². The maximum Gasteiger partial charge on any atom is 0.234 e. The SMILES string of the molecule is CC1COC2=C1C(=O)C(=O)c1c2ccc2c1CCCC2=O. The van der Waals surface area contributed by atoms with Gasteiger partial charge in [0.2, 0.25) is 11.6 Å². The Balaban J connectivity index is 2.03. The molecule has 3 aliphatic rings. The minimum absolute atomic E-state index is 0.0535. The van der Waals surface area contributed by atoms with Crippen LogP contribution in [0, 0.1) is 5.92 Å². The summed E-state index contributed by atoms with van der Waals surface area (Å²) in [6.45, 7) is 2.32. The second-order valence-electron chi connectivity index (χ2n) is 5.90. The molecule has 1 unspecified atom stereocenters. The maximum absolute atomic E-state index is 12.5. The molecule has 1 aromatic carbocycles. The van der Waals surface area contributed by atoms with Crippen molar-refractivity contribution in [2.75, 3.05) is 6.61 Å². The number of ether oxygens (including phenoxy) is 1. The summed E-state index contributed by atoms with van der Waals surface area (Å²) in [5, 5.41) is 0. The van der Waals surface area contributed by atoms with Crippen molar-refractivity contribution in [3.63, 3.8) is 0 Å². The lowest BCUT2D eigenvalue weighted by molar-refractivity contribution is -0.112. The van der Waals surface area contributed by atoms with Gasteiger partial charge in [0.15, 0.2) is 5.78 Å². The Morgan fingerprint density at radius 2 is 1.81 bits per heavy atom. The Kier molecular flexibility index (Phi) is 2.46. The molecule has 0 spiro atoms. The van der Waals surface area contributed by atoms with Crippen LogP contribution in [0.3, 0.4) is 0 Å². The fourth-order valence-electron chi connectivity index (χ4n) is 3.56. The average molecular weight is 282 g/mol. The molecule has 0 saturated heterocycles. The van der Waals surface area contributed by atoms with Gasteiger partial charge in [0.25, 0.3) is 0 Å². The van der Waals surface area contributed by atoms with Crippen molar-refractivity contribution in [1.29, 1.82) is 0 Å². The van der Waals surface area contributed by atoms with Gasteiger partial charge in [-0.05, 0) is 24.5 Å². The second kappa shape index (κ2) is 4.13. The number of hydrogen-bond acceptors (Lipinski definition) is 4. The first kappa shape index (κ1) is 12.5. The maximum atomic E-state index is 12.5. The van der Waals surface area contributed by atoms with Gasteiger partial charge in [-0.25, -0.2) is 0 Å². The summed E-state index contributed by atoms with van der Waals surface area (Å²) in [6.07, 6.45) is 1.91. The fraction of sp³-hybridized carbons (Fsp3) is 0.353. The zero-order valence-corrected chi connectivity index (χ0v) is 11.7. The largest absolute Gasteiger partial charge is 0.492 e. The van der Waals surface area contributed by atoms with Gasteiger partial charge in [0, 0.05) is 29.0 Å². The lowest BCUT2D eigenvalue weighted by Crippen LogP contribution is -2.28. The van der Waals surface area contributed by atoms with Crippen LogP contribution in [0.15, 0.2) is 17.7 Å². The quantitative estimate of drug-likeness (QED) is 0.685. The molecular formula is C17H14O4. The molecule has 2 aliphatic carbocycles. The van der Waals surface area contributed by atoms with Crippen LogP contribution in [-0.2, 0) is 16.0 Å². The highest BCUT2D eigenvalue weighted by Crippen LogP contribution is 2.41. The molecule has 1 heterocycles. The van der Waals surface area contributed by atoms with Crippen LogP contribution in [0.1, 0.15) is 51.6 Å². The monoisotopic (exact) mass is 282 g/mol. The van der Waals surface area contributed by atoms with Crippen molar-refractivity contribution in [2.45, 2.75) is 26.2 Å². The van der Waals surface area contributed by atoms with E-state index in [0.717, 1.165) is 12.0 Å². The summed E-state index contributed by atoms with van der Waals surface area (Å²) in [5.74, 6) is -0.397. The number of ketones is 3. The molecule has 21 heavy (non-hydrogen) atoms. The van der Waals surface area contributed by atoms with Gasteiger partial charge in [-0.15, -0.1) is 0 Å². The van der Waals surface area contributed by atoms with E-state index in [1.165, 1.54) is 0 Å². The molecule has 0 N–H and O–H groups in total. The number of Topliss-reactive ketones (excluding diaryl/α,β-unsaturated/α-hetero) is 3. The van der Waals surface area contributed by atoms with Crippen molar-refractivity contribution in [2.24, 2.45) is 5.92 Å². The number of rotatable bonds is 0. The third-order valence-corrected chi connectivity index (χ3v) is 4.58. The Hall–Kier alpha value is -2.23. The Morgan fingerprint density at radius 3 is 2.62 bits per heavy atom. The molecule has 0 aromatic heterocycles. The predicted molar refractivity (Wildman–Crippen MR) is 75.1 cm³/mol. The summed E-state index contributed by atoms with van der Waals surface area (Å²) in [7, 11) is 0. The number of carbonyl (C=O) groups is 3. The van der Waals surface area contributed by atoms with Gasteiger partial charge < -0.3 is 4.74 Å². The first-order chi connectivity index (χ1) is 10.1. The highest BCUT2D eigenvalue weighted by atomic mass is 16.5. The van der Waals surface area contributed by atoms with E-state index in [0.29, 0.717) is 47.5 Å².